The number of carbonyl (C=O) groups excluding carboxylic acids is 2. The summed E-state index contributed by atoms with van der Waals surface area (Å²) in [6, 6.07) is 20.3. The molecule has 0 radical (unpaired) electrons. The van der Waals surface area contributed by atoms with Crippen molar-refractivity contribution in [1.82, 2.24) is 5.32 Å². The molecule has 178 valence electrons. The predicted molar refractivity (Wildman–Crippen MR) is 131 cm³/mol. The van der Waals surface area contributed by atoms with Gasteiger partial charge in [-0.25, -0.2) is 14.4 Å². The Morgan fingerprint density at radius 2 is 1.57 bits per heavy atom. The fourth-order valence-corrected chi connectivity index (χ4v) is 3.74. The van der Waals surface area contributed by atoms with Gasteiger partial charge in [0.2, 0.25) is 0 Å². The lowest BCUT2D eigenvalue weighted by molar-refractivity contribution is -0.136. The Morgan fingerprint density at radius 1 is 0.914 bits per heavy atom. The van der Waals surface area contributed by atoms with Crippen molar-refractivity contribution in [1.29, 1.82) is 0 Å². The number of hydrogen-bond donors (Lipinski definition) is 1. The maximum Gasteiger partial charge on any atom is 0.408 e. The molecule has 0 aliphatic rings. The standard InChI is InChI=1S/C28H25NO6/c1-17-14-22-24(18(2)19(3)26(30)34-22)23(15-17)35-27(31)25(21-12-8-5-9-13-21)29-28(32)33-16-20-10-6-4-7-11-20/h4-15,25H,16H2,1-3H3,(H,29,32). The van der Waals surface area contributed by atoms with Crippen LogP contribution in [-0.4, -0.2) is 12.1 Å². The lowest BCUT2D eigenvalue weighted by Crippen LogP contribution is -2.36. The van der Waals surface area contributed by atoms with Crippen LogP contribution in [0.25, 0.3) is 11.0 Å². The zero-order valence-electron chi connectivity index (χ0n) is 19.7. The van der Waals surface area contributed by atoms with Crippen LogP contribution in [0.15, 0.2) is 82.0 Å². The van der Waals surface area contributed by atoms with E-state index in [-0.39, 0.29) is 12.4 Å². The second-order valence-corrected chi connectivity index (χ2v) is 8.25. The Kier molecular flexibility index (Phi) is 6.96. The molecule has 0 fully saturated rings. The normalized spacial score (nSPS) is 11.6. The van der Waals surface area contributed by atoms with E-state index < -0.39 is 23.7 Å². The third-order valence-corrected chi connectivity index (χ3v) is 5.71. The molecule has 4 rings (SSSR count). The molecule has 1 heterocycles. The largest absolute Gasteiger partial charge is 0.445 e. The number of amides is 1. The van der Waals surface area contributed by atoms with Crippen LogP contribution in [-0.2, 0) is 16.1 Å². The van der Waals surface area contributed by atoms with Gasteiger partial charge in [0.25, 0.3) is 0 Å². The third-order valence-electron chi connectivity index (χ3n) is 5.71. The molecule has 0 saturated heterocycles. The minimum absolute atomic E-state index is 0.0588. The van der Waals surface area contributed by atoms with Crippen LogP contribution in [0.3, 0.4) is 0 Å². The average molecular weight is 472 g/mol. The van der Waals surface area contributed by atoms with Crippen molar-refractivity contribution >= 4 is 23.0 Å². The van der Waals surface area contributed by atoms with E-state index in [1.165, 1.54) is 0 Å². The predicted octanol–water partition coefficient (Wildman–Crippen LogP) is 5.29. The molecule has 7 heteroatoms. The van der Waals surface area contributed by atoms with Gasteiger partial charge in [-0.2, -0.15) is 0 Å². The van der Waals surface area contributed by atoms with Gasteiger partial charge in [0, 0.05) is 5.56 Å². The van der Waals surface area contributed by atoms with Crippen LogP contribution < -0.4 is 15.7 Å². The van der Waals surface area contributed by atoms with Gasteiger partial charge in [0.05, 0.1) is 5.39 Å². The van der Waals surface area contributed by atoms with Crippen LogP contribution in [0, 0.1) is 20.8 Å². The van der Waals surface area contributed by atoms with Crippen molar-refractivity contribution < 1.29 is 23.5 Å². The average Bonchev–Trinajstić information content (AvgIpc) is 2.85. The van der Waals surface area contributed by atoms with Gasteiger partial charge in [0.15, 0.2) is 6.04 Å². The number of rotatable bonds is 6. The third kappa shape index (κ3) is 5.41. The smallest absolute Gasteiger partial charge is 0.408 e. The zero-order chi connectivity index (χ0) is 24.9. The fourth-order valence-electron chi connectivity index (χ4n) is 3.74. The first kappa shape index (κ1) is 23.8. The molecular weight excluding hydrogens is 446 g/mol. The van der Waals surface area contributed by atoms with Crippen molar-refractivity contribution in [2.45, 2.75) is 33.4 Å². The lowest BCUT2D eigenvalue weighted by atomic mass is 10.0. The van der Waals surface area contributed by atoms with Gasteiger partial charge in [-0.15, -0.1) is 0 Å². The first-order valence-electron chi connectivity index (χ1n) is 11.1. The quantitative estimate of drug-likeness (QED) is 0.233. The Morgan fingerprint density at radius 3 is 2.26 bits per heavy atom. The molecular formula is C28H25NO6. The summed E-state index contributed by atoms with van der Waals surface area (Å²) < 4.78 is 16.5. The van der Waals surface area contributed by atoms with Crippen LogP contribution >= 0.6 is 0 Å². The van der Waals surface area contributed by atoms with E-state index in [2.05, 4.69) is 5.32 Å². The number of alkyl carbamates (subject to hydrolysis) is 1. The first-order chi connectivity index (χ1) is 16.8. The number of nitrogens with one attached hydrogen (secondary N) is 1. The van der Waals surface area contributed by atoms with Crippen molar-refractivity contribution in [3.63, 3.8) is 0 Å². The summed E-state index contributed by atoms with van der Waals surface area (Å²) in [7, 11) is 0. The molecule has 0 spiro atoms. The minimum atomic E-state index is -1.12. The Balaban J connectivity index is 1.62. The van der Waals surface area contributed by atoms with Gasteiger partial charge < -0.3 is 19.2 Å². The van der Waals surface area contributed by atoms with Gasteiger partial charge in [-0.1, -0.05) is 60.7 Å². The highest BCUT2D eigenvalue weighted by molar-refractivity contribution is 5.92. The summed E-state index contributed by atoms with van der Waals surface area (Å²) in [5.41, 5.74) is 3.07. The molecule has 0 aliphatic carbocycles. The second kappa shape index (κ2) is 10.3. The molecule has 1 atom stereocenters. The van der Waals surface area contributed by atoms with Crippen LogP contribution in [0.1, 0.15) is 33.9 Å². The highest BCUT2D eigenvalue weighted by Gasteiger charge is 2.27. The van der Waals surface area contributed by atoms with E-state index in [9.17, 15) is 14.4 Å². The molecule has 7 nitrogen and oxygen atoms in total. The fraction of sp³-hybridized carbons (Fsp3) is 0.179. The minimum Gasteiger partial charge on any atom is -0.445 e. The van der Waals surface area contributed by atoms with Crippen LogP contribution in [0.4, 0.5) is 4.79 Å². The first-order valence-corrected chi connectivity index (χ1v) is 11.1. The topological polar surface area (TPSA) is 94.8 Å². The number of aryl methyl sites for hydroxylation is 2. The SMILES string of the molecule is Cc1cc(OC(=O)C(NC(=O)OCc2ccccc2)c2ccccc2)c2c(C)c(C)c(=O)oc2c1. The summed E-state index contributed by atoms with van der Waals surface area (Å²) in [5.74, 6) is -0.460. The number of carbonyl (C=O) groups is 2. The van der Waals surface area contributed by atoms with Gasteiger partial charge in [0.1, 0.15) is 17.9 Å². The molecule has 4 aromatic rings. The molecule has 0 bridgehead atoms. The maximum absolute atomic E-state index is 13.4. The van der Waals surface area contributed by atoms with E-state index in [0.717, 1.165) is 11.1 Å². The highest BCUT2D eigenvalue weighted by atomic mass is 16.6. The summed E-state index contributed by atoms with van der Waals surface area (Å²) in [6.45, 7) is 5.29. The molecule has 0 saturated carbocycles. The Labute approximate surface area is 202 Å². The van der Waals surface area contributed by atoms with Crippen molar-refractivity contribution in [2.24, 2.45) is 0 Å². The lowest BCUT2D eigenvalue weighted by Gasteiger charge is -2.19. The van der Waals surface area contributed by atoms with Gasteiger partial charge in [-0.05, 0) is 55.2 Å². The summed E-state index contributed by atoms with van der Waals surface area (Å²) in [5, 5.41) is 3.14. The molecule has 1 amide bonds. The van der Waals surface area contributed by atoms with E-state index in [4.69, 9.17) is 13.9 Å². The number of benzene rings is 3. The number of ether oxygens (including phenoxy) is 2. The van der Waals surface area contributed by atoms with Gasteiger partial charge in [-0.3, -0.25) is 0 Å². The van der Waals surface area contributed by atoms with Crippen molar-refractivity contribution in [3.05, 3.63) is 111 Å². The molecule has 0 aliphatic heterocycles. The Bertz CT molecular complexity index is 1430. The summed E-state index contributed by atoms with van der Waals surface area (Å²) in [4.78, 5) is 38.1. The number of hydrogen-bond acceptors (Lipinski definition) is 6. The monoisotopic (exact) mass is 471 g/mol. The molecule has 1 unspecified atom stereocenters. The number of esters is 1. The number of fused-ring (bicyclic) bond motifs is 1. The molecule has 3 aromatic carbocycles. The second-order valence-electron chi connectivity index (χ2n) is 8.25. The highest BCUT2D eigenvalue weighted by Crippen LogP contribution is 2.32. The van der Waals surface area contributed by atoms with Crippen LogP contribution in [0.5, 0.6) is 5.75 Å². The zero-order valence-corrected chi connectivity index (χ0v) is 19.7. The van der Waals surface area contributed by atoms with E-state index in [0.29, 0.717) is 27.7 Å². The maximum atomic E-state index is 13.4. The van der Waals surface area contributed by atoms with Crippen LogP contribution in [0.2, 0.25) is 0 Å². The van der Waals surface area contributed by atoms with E-state index >= 15 is 0 Å². The van der Waals surface area contributed by atoms with E-state index in [1.807, 2.05) is 36.4 Å². The Hall–Kier alpha value is -4.39. The summed E-state index contributed by atoms with van der Waals surface area (Å²) in [6.07, 6.45) is -0.758. The molecule has 35 heavy (non-hydrogen) atoms. The van der Waals surface area contributed by atoms with E-state index in [1.54, 1.807) is 57.2 Å². The molecule has 1 N–H and O–H groups in total. The molecule has 1 aromatic heterocycles. The van der Waals surface area contributed by atoms with Gasteiger partial charge >= 0.3 is 17.7 Å². The summed E-state index contributed by atoms with van der Waals surface area (Å²) >= 11 is 0. The van der Waals surface area contributed by atoms with Crippen molar-refractivity contribution in [3.8, 4) is 5.75 Å². The van der Waals surface area contributed by atoms with Crippen molar-refractivity contribution in [2.75, 3.05) is 0 Å².